The van der Waals surface area contributed by atoms with Crippen molar-refractivity contribution < 1.29 is 4.79 Å². The van der Waals surface area contributed by atoms with Crippen LogP contribution in [0.15, 0.2) is 0 Å². The zero-order chi connectivity index (χ0) is 11.1. The second kappa shape index (κ2) is 7.07. The number of likely N-dealkylation sites (tertiary alicyclic amines) is 1. The molecule has 1 heterocycles. The summed E-state index contributed by atoms with van der Waals surface area (Å²) in [4.78, 5) is 13.8. The third kappa shape index (κ3) is 5.38. The predicted molar refractivity (Wildman–Crippen MR) is 63.2 cm³/mol. The number of nitrogens with one attached hydrogen (secondary N) is 1. The Hall–Kier alpha value is -0.280. The highest BCUT2D eigenvalue weighted by Gasteiger charge is 2.17. The minimum atomic E-state index is 0.190. The number of hydrogen-bond donors (Lipinski definition) is 1. The van der Waals surface area contributed by atoms with E-state index in [1.54, 1.807) is 0 Å². The number of alkyl halides is 1. The molecule has 1 aliphatic heterocycles. The van der Waals surface area contributed by atoms with E-state index in [0.717, 1.165) is 38.8 Å². The van der Waals surface area contributed by atoms with Crippen LogP contribution in [0.1, 0.15) is 32.1 Å². The van der Waals surface area contributed by atoms with Crippen molar-refractivity contribution in [1.29, 1.82) is 0 Å². The Morgan fingerprint density at radius 3 is 2.67 bits per heavy atom. The summed E-state index contributed by atoms with van der Waals surface area (Å²) in [6.07, 6.45) is 4.62. The Morgan fingerprint density at radius 2 is 2.07 bits per heavy atom. The number of nitrogens with zero attached hydrogens (tertiary/aromatic N) is 1. The first kappa shape index (κ1) is 12.8. The van der Waals surface area contributed by atoms with Crippen molar-refractivity contribution >= 4 is 17.5 Å². The zero-order valence-electron chi connectivity index (χ0n) is 9.47. The minimum Gasteiger partial charge on any atom is -0.353 e. The van der Waals surface area contributed by atoms with E-state index in [-0.39, 0.29) is 5.91 Å². The largest absolute Gasteiger partial charge is 0.353 e. The van der Waals surface area contributed by atoms with Crippen molar-refractivity contribution in [3.63, 3.8) is 0 Å². The number of rotatable bonds is 5. The molecule has 0 aromatic carbocycles. The molecule has 0 radical (unpaired) electrons. The monoisotopic (exact) mass is 232 g/mol. The summed E-state index contributed by atoms with van der Waals surface area (Å²) >= 11 is 5.56. The fourth-order valence-electron chi connectivity index (χ4n) is 1.83. The van der Waals surface area contributed by atoms with Crippen LogP contribution in [0.4, 0.5) is 0 Å². The fourth-order valence-corrected chi connectivity index (χ4v) is 2.02. The van der Waals surface area contributed by atoms with Crippen LogP contribution in [-0.2, 0) is 4.79 Å². The molecule has 0 unspecified atom stereocenters. The van der Waals surface area contributed by atoms with Crippen LogP contribution in [0.5, 0.6) is 0 Å². The summed E-state index contributed by atoms with van der Waals surface area (Å²) in [5.41, 5.74) is 0. The first-order valence-electron chi connectivity index (χ1n) is 5.76. The number of hydrogen-bond acceptors (Lipinski definition) is 2. The van der Waals surface area contributed by atoms with Crippen molar-refractivity contribution in [1.82, 2.24) is 10.2 Å². The van der Waals surface area contributed by atoms with Crippen LogP contribution in [-0.4, -0.2) is 42.9 Å². The van der Waals surface area contributed by atoms with E-state index in [1.165, 1.54) is 0 Å². The first-order valence-corrected chi connectivity index (χ1v) is 6.29. The fraction of sp³-hybridized carbons (Fsp3) is 0.909. The van der Waals surface area contributed by atoms with Gasteiger partial charge < -0.3 is 10.2 Å². The molecule has 1 rings (SSSR count). The lowest BCUT2D eigenvalue weighted by atomic mass is 10.1. The number of halogens is 1. The molecule has 1 fully saturated rings. The summed E-state index contributed by atoms with van der Waals surface area (Å²) in [7, 11) is 2.12. The number of carbonyl (C=O) groups is 1. The van der Waals surface area contributed by atoms with Crippen LogP contribution in [0.25, 0.3) is 0 Å². The Balaban J connectivity index is 2.09. The Bertz CT molecular complexity index is 191. The van der Waals surface area contributed by atoms with Crippen LogP contribution < -0.4 is 5.32 Å². The van der Waals surface area contributed by atoms with E-state index in [2.05, 4.69) is 17.3 Å². The van der Waals surface area contributed by atoms with Gasteiger partial charge in [-0.25, -0.2) is 0 Å². The Kier molecular flexibility index (Phi) is 6.03. The highest BCUT2D eigenvalue weighted by molar-refractivity contribution is 6.17. The van der Waals surface area contributed by atoms with E-state index in [4.69, 9.17) is 11.6 Å². The van der Waals surface area contributed by atoms with Crippen molar-refractivity contribution in [2.24, 2.45) is 0 Å². The van der Waals surface area contributed by atoms with E-state index < -0.39 is 0 Å². The van der Waals surface area contributed by atoms with E-state index in [1.807, 2.05) is 0 Å². The molecule has 15 heavy (non-hydrogen) atoms. The second-order valence-corrected chi connectivity index (χ2v) is 4.67. The molecular formula is C11H21ClN2O. The van der Waals surface area contributed by atoms with Gasteiger partial charge in [0.05, 0.1) is 0 Å². The number of piperidine rings is 1. The minimum absolute atomic E-state index is 0.190. The molecule has 0 bridgehead atoms. The average molecular weight is 233 g/mol. The van der Waals surface area contributed by atoms with Gasteiger partial charge >= 0.3 is 0 Å². The molecule has 3 nitrogen and oxygen atoms in total. The van der Waals surface area contributed by atoms with Crippen LogP contribution >= 0.6 is 11.6 Å². The van der Waals surface area contributed by atoms with Gasteiger partial charge in [-0.2, -0.15) is 0 Å². The van der Waals surface area contributed by atoms with Crippen LogP contribution in [0.3, 0.4) is 0 Å². The Morgan fingerprint density at radius 1 is 1.40 bits per heavy atom. The lowest BCUT2D eigenvalue weighted by Gasteiger charge is -2.29. The zero-order valence-corrected chi connectivity index (χ0v) is 10.2. The Labute approximate surface area is 97.2 Å². The van der Waals surface area contributed by atoms with Gasteiger partial charge in [-0.05, 0) is 45.8 Å². The highest BCUT2D eigenvalue weighted by Crippen LogP contribution is 2.08. The normalized spacial score (nSPS) is 19.1. The maximum absolute atomic E-state index is 11.5. The lowest BCUT2D eigenvalue weighted by Crippen LogP contribution is -2.43. The summed E-state index contributed by atoms with van der Waals surface area (Å²) in [6, 6.07) is 0.393. The van der Waals surface area contributed by atoms with Gasteiger partial charge in [0, 0.05) is 18.3 Å². The quantitative estimate of drug-likeness (QED) is 0.577. The lowest BCUT2D eigenvalue weighted by molar-refractivity contribution is -0.122. The number of amides is 1. The smallest absolute Gasteiger partial charge is 0.220 e. The molecule has 0 aliphatic carbocycles. The average Bonchev–Trinajstić information content (AvgIpc) is 2.22. The summed E-state index contributed by atoms with van der Waals surface area (Å²) in [5, 5.41) is 3.09. The SMILES string of the molecule is CN1CCC(NC(=O)CCCCCl)CC1. The maximum Gasteiger partial charge on any atom is 0.220 e. The highest BCUT2D eigenvalue weighted by atomic mass is 35.5. The van der Waals surface area contributed by atoms with E-state index >= 15 is 0 Å². The molecule has 1 N–H and O–H groups in total. The molecule has 0 aromatic rings. The number of carbonyl (C=O) groups excluding carboxylic acids is 1. The van der Waals surface area contributed by atoms with Gasteiger partial charge in [-0.1, -0.05) is 0 Å². The maximum atomic E-state index is 11.5. The van der Waals surface area contributed by atoms with Crippen LogP contribution in [0.2, 0.25) is 0 Å². The van der Waals surface area contributed by atoms with Crippen molar-refractivity contribution in [3.05, 3.63) is 0 Å². The molecule has 88 valence electrons. The van der Waals surface area contributed by atoms with Gasteiger partial charge in [0.2, 0.25) is 5.91 Å². The van der Waals surface area contributed by atoms with Crippen LogP contribution in [0, 0.1) is 0 Å². The van der Waals surface area contributed by atoms with E-state index in [9.17, 15) is 4.79 Å². The molecule has 0 saturated carbocycles. The second-order valence-electron chi connectivity index (χ2n) is 4.29. The molecular weight excluding hydrogens is 212 g/mol. The summed E-state index contributed by atoms with van der Waals surface area (Å²) in [5.74, 6) is 0.844. The van der Waals surface area contributed by atoms with Gasteiger partial charge in [0.25, 0.3) is 0 Å². The molecule has 1 saturated heterocycles. The number of unbranched alkanes of at least 4 members (excludes halogenated alkanes) is 1. The standard InChI is InChI=1S/C11H21ClN2O/c1-14-8-5-10(6-9-14)13-11(15)4-2-3-7-12/h10H,2-9H2,1H3,(H,13,15). The third-order valence-corrected chi connectivity index (χ3v) is 3.14. The van der Waals surface area contributed by atoms with Gasteiger partial charge in [-0.3, -0.25) is 4.79 Å². The van der Waals surface area contributed by atoms with Crippen molar-refractivity contribution in [3.8, 4) is 0 Å². The third-order valence-electron chi connectivity index (χ3n) is 2.87. The summed E-state index contributed by atoms with van der Waals surface area (Å²) in [6.45, 7) is 2.18. The van der Waals surface area contributed by atoms with E-state index in [0.29, 0.717) is 18.3 Å². The molecule has 1 aliphatic rings. The topological polar surface area (TPSA) is 32.3 Å². The summed E-state index contributed by atoms with van der Waals surface area (Å²) < 4.78 is 0. The van der Waals surface area contributed by atoms with Crippen molar-refractivity contribution in [2.75, 3.05) is 26.0 Å². The molecule has 1 amide bonds. The molecule has 4 heteroatoms. The molecule has 0 spiro atoms. The van der Waals surface area contributed by atoms with Crippen molar-refractivity contribution in [2.45, 2.75) is 38.1 Å². The first-order chi connectivity index (χ1) is 7.22. The molecule has 0 atom stereocenters. The van der Waals surface area contributed by atoms with Gasteiger partial charge in [0.1, 0.15) is 0 Å². The van der Waals surface area contributed by atoms with Gasteiger partial charge in [-0.15, -0.1) is 11.6 Å². The predicted octanol–water partition coefficient (Wildman–Crippen LogP) is 1.61. The van der Waals surface area contributed by atoms with Gasteiger partial charge in [0.15, 0.2) is 0 Å². The molecule has 0 aromatic heterocycles.